The van der Waals surface area contributed by atoms with Gasteiger partial charge in [-0.15, -0.1) is 0 Å². The predicted octanol–water partition coefficient (Wildman–Crippen LogP) is 2.41. The summed E-state index contributed by atoms with van der Waals surface area (Å²) in [6.07, 6.45) is 10.2. The molecule has 2 aliphatic carbocycles. The molecular formula is C17H25N3O3. The molecule has 0 spiro atoms. The van der Waals surface area contributed by atoms with Crippen LogP contribution in [0.1, 0.15) is 62.3 Å². The zero-order valence-corrected chi connectivity index (χ0v) is 13.4. The zero-order chi connectivity index (χ0) is 16.1. The maximum Gasteiger partial charge on any atom is 0.315 e. The molecule has 2 aliphatic rings. The zero-order valence-electron chi connectivity index (χ0n) is 13.4. The van der Waals surface area contributed by atoms with Crippen molar-refractivity contribution >= 4 is 11.9 Å². The van der Waals surface area contributed by atoms with Crippen molar-refractivity contribution in [1.29, 1.82) is 0 Å². The van der Waals surface area contributed by atoms with Crippen molar-refractivity contribution in [1.82, 2.24) is 16.0 Å². The van der Waals surface area contributed by atoms with Crippen LogP contribution < -0.4 is 16.0 Å². The Hall–Kier alpha value is -1.98. The molecule has 23 heavy (non-hydrogen) atoms. The molecular weight excluding hydrogens is 294 g/mol. The summed E-state index contributed by atoms with van der Waals surface area (Å²) in [6.45, 7) is 0.00222. The van der Waals surface area contributed by atoms with Gasteiger partial charge in [-0.2, -0.15) is 0 Å². The number of aryl methyl sites for hydroxylation is 1. The van der Waals surface area contributed by atoms with Crippen LogP contribution in [0.4, 0.5) is 4.79 Å². The second kappa shape index (κ2) is 7.53. The highest BCUT2D eigenvalue weighted by Crippen LogP contribution is 2.30. The molecule has 1 fully saturated rings. The van der Waals surface area contributed by atoms with Gasteiger partial charge in [-0.05, 0) is 31.7 Å². The molecule has 1 atom stereocenters. The largest absolute Gasteiger partial charge is 0.469 e. The molecule has 0 unspecified atom stereocenters. The van der Waals surface area contributed by atoms with Gasteiger partial charge in [0.15, 0.2) is 0 Å². The SMILES string of the molecule is O=C(CNC(=O)NC1CCCCC1)N[C@H]1CCCc2occc21. The molecule has 1 aromatic rings. The number of urea groups is 1. The van der Waals surface area contributed by atoms with Crippen molar-refractivity contribution in [2.45, 2.75) is 63.5 Å². The smallest absolute Gasteiger partial charge is 0.315 e. The van der Waals surface area contributed by atoms with Crippen LogP contribution in [0.3, 0.4) is 0 Å². The average Bonchev–Trinajstić information content (AvgIpc) is 3.04. The van der Waals surface area contributed by atoms with Crippen LogP contribution in [0.25, 0.3) is 0 Å². The average molecular weight is 319 g/mol. The molecule has 3 rings (SSSR count). The topological polar surface area (TPSA) is 83.4 Å². The lowest BCUT2D eigenvalue weighted by molar-refractivity contribution is -0.120. The number of amides is 3. The lowest BCUT2D eigenvalue weighted by Crippen LogP contribution is -2.46. The van der Waals surface area contributed by atoms with Gasteiger partial charge in [-0.3, -0.25) is 4.79 Å². The monoisotopic (exact) mass is 319 g/mol. The van der Waals surface area contributed by atoms with Gasteiger partial charge in [0, 0.05) is 18.0 Å². The summed E-state index contributed by atoms with van der Waals surface area (Å²) in [7, 11) is 0. The van der Waals surface area contributed by atoms with Crippen molar-refractivity contribution in [3.05, 3.63) is 23.7 Å². The summed E-state index contributed by atoms with van der Waals surface area (Å²) in [5, 5.41) is 8.57. The highest BCUT2D eigenvalue weighted by Gasteiger charge is 2.24. The van der Waals surface area contributed by atoms with E-state index in [2.05, 4.69) is 16.0 Å². The summed E-state index contributed by atoms with van der Waals surface area (Å²) >= 11 is 0. The van der Waals surface area contributed by atoms with Crippen LogP contribution in [0.5, 0.6) is 0 Å². The summed E-state index contributed by atoms with van der Waals surface area (Å²) in [4.78, 5) is 23.9. The normalized spacial score (nSPS) is 21.3. The number of carbonyl (C=O) groups excluding carboxylic acids is 2. The Kier molecular flexibility index (Phi) is 5.20. The van der Waals surface area contributed by atoms with Gasteiger partial charge >= 0.3 is 6.03 Å². The molecule has 1 heterocycles. The Morgan fingerprint density at radius 2 is 1.91 bits per heavy atom. The Labute approximate surface area is 136 Å². The maximum atomic E-state index is 12.1. The molecule has 1 aromatic heterocycles. The predicted molar refractivity (Wildman–Crippen MR) is 85.9 cm³/mol. The van der Waals surface area contributed by atoms with Gasteiger partial charge in [0.25, 0.3) is 0 Å². The number of carbonyl (C=O) groups is 2. The lowest BCUT2D eigenvalue weighted by atomic mass is 9.93. The second-order valence-corrected chi connectivity index (χ2v) is 6.47. The first-order valence-corrected chi connectivity index (χ1v) is 8.62. The van der Waals surface area contributed by atoms with Gasteiger partial charge < -0.3 is 20.4 Å². The first-order valence-electron chi connectivity index (χ1n) is 8.62. The molecule has 3 N–H and O–H groups in total. The van der Waals surface area contributed by atoms with E-state index in [9.17, 15) is 9.59 Å². The van der Waals surface area contributed by atoms with Gasteiger partial charge in [0.1, 0.15) is 5.76 Å². The van der Waals surface area contributed by atoms with Gasteiger partial charge in [0.05, 0.1) is 18.8 Å². The molecule has 0 bridgehead atoms. The first kappa shape index (κ1) is 15.9. The maximum absolute atomic E-state index is 12.1. The molecule has 126 valence electrons. The van der Waals surface area contributed by atoms with Gasteiger partial charge in [-0.25, -0.2) is 4.79 Å². The van der Waals surface area contributed by atoms with E-state index < -0.39 is 0 Å². The van der Waals surface area contributed by atoms with E-state index in [1.165, 1.54) is 19.3 Å². The highest BCUT2D eigenvalue weighted by atomic mass is 16.3. The third kappa shape index (κ3) is 4.27. The van der Waals surface area contributed by atoms with Crippen LogP contribution in [0, 0.1) is 0 Å². The summed E-state index contributed by atoms with van der Waals surface area (Å²) in [6, 6.07) is 1.91. The lowest BCUT2D eigenvalue weighted by Gasteiger charge is -2.24. The summed E-state index contributed by atoms with van der Waals surface area (Å²) in [5.74, 6) is 0.799. The van der Waals surface area contributed by atoms with Crippen molar-refractivity contribution in [2.75, 3.05) is 6.54 Å². The van der Waals surface area contributed by atoms with E-state index in [4.69, 9.17) is 4.42 Å². The molecule has 6 heteroatoms. The highest BCUT2D eigenvalue weighted by molar-refractivity contribution is 5.84. The van der Waals surface area contributed by atoms with Crippen LogP contribution in [-0.4, -0.2) is 24.5 Å². The third-order valence-electron chi connectivity index (χ3n) is 4.74. The number of fused-ring (bicyclic) bond motifs is 1. The van der Waals surface area contributed by atoms with E-state index in [0.717, 1.165) is 43.4 Å². The Bertz CT molecular complexity index is 549. The fourth-order valence-corrected chi connectivity index (χ4v) is 3.53. The fraction of sp³-hybridized carbons (Fsp3) is 0.647. The summed E-state index contributed by atoms with van der Waals surface area (Å²) < 4.78 is 5.42. The Balaban J connectivity index is 1.41. The minimum atomic E-state index is -0.250. The number of hydrogen-bond acceptors (Lipinski definition) is 3. The quantitative estimate of drug-likeness (QED) is 0.797. The molecule has 1 saturated carbocycles. The molecule has 0 aromatic carbocycles. The molecule has 3 amide bonds. The van der Waals surface area contributed by atoms with Crippen LogP contribution >= 0.6 is 0 Å². The number of rotatable bonds is 4. The van der Waals surface area contributed by atoms with E-state index in [-0.39, 0.29) is 30.6 Å². The van der Waals surface area contributed by atoms with Gasteiger partial charge in [0.2, 0.25) is 5.91 Å². The van der Waals surface area contributed by atoms with Crippen LogP contribution in [-0.2, 0) is 11.2 Å². The van der Waals surface area contributed by atoms with Crippen molar-refractivity contribution in [3.8, 4) is 0 Å². The molecule has 0 saturated heterocycles. The third-order valence-corrected chi connectivity index (χ3v) is 4.74. The van der Waals surface area contributed by atoms with Gasteiger partial charge in [-0.1, -0.05) is 19.3 Å². The van der Waals surface area contributed by atoms with Crippen LogP contribution in [0.15, 0.2) is 16.7 Å². The van der Waals surface area contributed by atoms with E-state index in [0.29, 0.717) is 0 Å². The minimum Gasteiger partial charge on any atom is -0.469 e. The second-order valence-electron chi connectivity index (χ2n) is 6.47. The molecule has 6 nitrogen and oxygen atoms in total. The summed E-state index contributed by atoms with van der Waals surface area (Å²) in [5.41, 5.74) is 1.07. The Morgan fingerprint density at radius 1 is 1.09 bits per heavy atom. The minimum absolute atomic E-state index is 0.00222. The van der Waals surface area contributed by atoms with Crippen molar-refractivity contribution in [3.63, 3.8) is 0 Å². The van der Waals surface area contributed by atoms with E-state index >= 15 is 0 Å². The van der Waals surface area contributed by atoms with E-state index in [1.54, 1.807) is 6.26 Å². The Morgan fingerprint density at radius 3 is 2.74 bits per heavy atom. The van der Waals surface area contributed by atoms with E-state index in [1.807, 2.05) is 6.07 Å². The number of hydrogen-bond donors (Lipinski definition) is 3. The number of nitrogens with one attached hydrogen (secondary N) is 3. The molecule has 0 radical (unpaired) electrons. The van der Waals surface area contributed by atoms with Crippen molar-refractivity contribution in [2.24, 2.45) is 0 Å². The fourth-order valence-electron chi connectivity index (χ4n) is 3.53. The molecule has 0 aliphatic heterocycles. The van der Waals surface area contributed by atoms with Crippen LogP contribution in [0.2, 0.25) is 0 Å². The standard InChI is InChI=1S/C17H25N3O3/c21-16(11-18-17(22)19-12-5-2-1-3-6-12)20-14-7-4-8-15-13(14)9-10-23-15/h9-10,12,14H,1-8,11H2,(H,20,21)(H2,18,19,22)/t14-/m0/s1. The first-order chi connectivity index (χ1) is 11.2. The van der Waals surface area contributed by atoms with Crippen molar-refractivity contribution < 1.29 is 14.0 Å². The number of furan rings is 1.